The van der Waals surface area contributed by atoms with Crippen LogP contribution in [0, 0.1) is 0 Å². The summed E-state index contributed by atoms with van der Waals surface area (Å²) < 4.78 is 11.6. The van der Waals surface area contributed by atoms with E-state index in [0.29, 0.717) is 18.2 Å². The SMILES string of the molecule is c1ccc(COc2cccnc2Oc2ccccc2)cc1. The lowest BCUT2D eigenvalue weighted by Gasteiger charge is -2.11. The van der Waals surface area contributed by atoms with Crippen molar-refractivity contribution < 1.29 is 9.47 Å². The number of pyridine rings is 1. The van der Waals surface area contributed by atoms with E-state index in [1.165, 1.54) is 0 Å². The highest BCUT2D eigenvalue weighted by molar-refractivity contribution is 5.37. The molecule has 0 aliphatic rings. The summed E-state index contributed by atoms with van der Waals surface area (Å²) in [5, 5.41) is 0. The van der Waals surface area contributed by atoms with E-state index >= 15 is 0 Å². The van der Waals surface area contributed by atoms with Crippen molar-refractivity contribution in [1.82, 2.24) is 4.98 Å². The molecule has 0 fully saturated rings. The molecule has 21 heavy (non-hydrogen) atoms. The number of para-hydroxylation sites is 1. The molecule has 1 aromatic heterocycles. The third-order valence-corrected chi connectivity index (χ3v) is 2.93. The Balaban J connectivity index is 1.73. The molecule has 0 bridgehead atoms. The first-order valence-electron chi connectivity index (χ1n) is 6.76. The third-order valence-electron chi connectivity index (χ3n) is 2.93. The van der Waals surface area contributed by atoms with Crippen molar-refractivity contribution in [3.8, 4) is 17.4 Å². The fourth-order valence-corrected chi connectivity index (χ4v) is 1.90. The van der Waals surface area contributed by atoms with E-state index in [0.717, 1.165) is 11.3 Å². The van der Waals surface area contributed by atoms with Gasteiger partial charge in [0, 0.05) is 6.20 Å². The van der Waals surface area contributed by atoms with E-state index in [1.807, 2.05) is 72.8 Å². The second-order valence-electron chi connectivity index (χ2n) is 4.50. The number of ether oxygens (including phenoxy) is 2. The van der Waals surface area contributed by atoms with Crippen LogP contribution in [0.4, 0.5) is 0 Å². The normalized spacial score (nSPS) is 10.1. The molecule has 0 amide bonds. The summed E-state index contributed by atoms with van der Waals surface area (Å²) in [5.41, 5.74) is 1.10. The number of rotatable bonds is 5. The lowest BCUT2D eigenvalue weighted by molar-refractivity contribution is 0.287. The molecular weight excluding hydrogens is 262 g/mol. The van der Waals surface area contributed by atoms with E-state index in [2.05, 4.69) is 4.98 Å². The van der Waals surface area contributed by atoms with E-state index in [9.17, 15) is 0 Å². The van der Waals surface area contributed by atoms with Crippen LogP contribution in [0.5, 0.6) is 17.4 Å². The standard InChI is InChI=1S/C18H15NO2/c1-3-8-15(9-4-1)14-20-17-12-7-13-19-18(17)21-16-10-5-2-6-11-16/h1-13H,14H2. The van der Waals surface area contributed by atoms with Crippen LogP contribution < -0.4 is 9.47 Å². The molecule has 3 rings (SSSR count). The highest BCUT2D eigenvalue weighted by atomic mass is 16.5. The van der Waals surface area contributed by atoms with E-state index < -0.39 is 0 Å². The van der Waals surface area contributed by atoms with Crippen LogP contribution in [-0.4, -0.2) is 4.98 Å². The van der Waals surface area contributed by atoms with Crippen molar-refractivity contribution in [3.05, 3.63) is 84.6 Å². The smallest absolute Gasteiger partial charge is 0.262 e. The second-order valence-corrected chi connectivity index (χ2v) is 4.50. The fraction of sp³-hybridized carbons (Fsp3) is 0.0556. The summed E-state index contributed by atoms with van der Waals surface area (Å²) in [4.78, 5) is 4.24. The summed E-state index contributed by atoms with van der Waals surface area (Å²) in [5.74, 6) is 1.84. The minimum absolute atomic E-state index is 0.472. The van der Waals surface area contributed by atoms with Gasteiger partial charge in [0.25, 0.3) is 5.88 Å². The van der Waals surface area contributed by atoms with Gasteiger partial charge >= 0.3 is 0 Å². The quantitative estimate of drug-likeness (QED) is 0.690. The number of hydrogen-bond acceptors (Lipinski definition) is 3. The fourth-order valence-electron chi connectivity index (χ4n) is 1.90. The molecule has 0 radical (unpaired) electrons. The Hall–Kier alpha value is -2.81. The number of benzene rings is 2. The Morgan fingerprint density at radius 2 is 1.48 bits per heavy atom. The third kappa shape index (κ3) is 3.60. The average Bonchev–Trinajstić information content (AvgIpc) is 2.56. The van der Waals surface area contributed by atoms with Gasteiger partial charge in [-0.3, -0.25) is 0 Å². The molecule has 0 saturated carbocycles. The maximum atomic E-state index is 5.81. The predicted molar refractivity (Wildman–Crippen MR) is 81.5 cm³/mol. The second kappa shape index (κ2) is 6.57. The van der Waals surface area contributed by atoms with Crippen molar-refractivity contribution in [3.63, 3.8) is 0 Å². The lowest BCUT2D eigenvalue weighted by Crippen LogP contribution is -1.98. The monoisotopic (exact) mass is 277 g/mol. The molecule has 1 heterocycles. The zero-order valence-corrected chi connectivity index (χ0v) is 11.5. The van der Waals surface area contributed by atoms with Crippen LogP contribution >= 0.6 is 0 Å². The summed E-state index contributed by atoms with van der Waals surface area (Å²) in [6, 6.07) is 23.2. The van der Waals surface area contributed by atoms with Crippen LogP contribution in [0.2, 0.25) is 0 Å². The van der Waals surface area contributed by atoms with Crippen molar-refractivity contribution in [2.75, 3.05) is 0 Å². The first-order chi connectivity index (χ1) is 10.4. The van der Waals surface area contributed by atoms with Crippen LogP contribution in [0.15, 0.2) is 79.0 Å². The summed E-state index contributed by atoms with van der Waals surface area (Å²) in [6.45, 7) is 0.484. The van der Waals surface area contributed by atoms with Crippen LogP contribution in [0.1, 0.15) is 5.56 Å². The predicted octanol–water partition coefficient (Wildman–Crippen LogP) is 4.45. The van der Waals surface area contributed by atoms with Crippen molar-refractivity contribution in [2.24, 2.45) is 0 Å². The molecule has 0 aliphatic heterocycles. The van der Waals surface area contributed by atoms with Gasteiger partial charge in [0.2, 0.25) is 0 Å². The van der Waals surface area contributed by atoms with Gasteiger partial charge in [-0.25, -0.2) is 4.98 Å². The highest BCUT2D eigenvalue weighted by Crippen LogP contribution is 2.29. The molecule has 104 valence electrons. The van der Waals surface area contributed by atoms with Gasteiger partial charge in [0.1, 0.15) is 12.4 Å². The van der Waals surface area contributed by atoms with Crippen LogP contribution in [0.25, 0.3) is 0 Å². The zero-order valence-electron chi connectivity index (χ0n) is 11.5. The molecule has 0 atom stereocenters. The van der Waals surface area contributed by atoms with Crippen LogP contribution in [-0.2, 0) is 6.61 Å². The van der Waals surface area contributed by atoms with Gasteiger partial charge in [-0.15, -0.1) is 0 Å². The Labute approximate surface area is 123 Å². The van der Waals surface area contributed by atoms with Gasteiger partial charge in [-0.2, -0.15) is 0 Å². The van der Waals surface area contributed by atoms with Crippen molar-refractivity contribution in [2.45, 2.75) is 6.61 Å². The topological polar surface area (TPSA) is 31.4 Å². The van der Waals surface area contributed by atoms with E-state index in [-0.39, 0.29) is 0 Å². The summed E-state index contributed by atoms with van der Waals surface area (Å²) in [7, 11) is 0. The highest BCUT2D eigenvalue weighted by Gasteiger charge is 2.07. The Morgan fingerprint density at radius 1 is 0.762 bits per heavy atom. The van der Waals surface area contributed by atoms with Gasteiger partial charge in [0.15, 0.2) is 5.75 Å². The molecule has 0 aliphatic carbocycles. The maximum Gasteiger partial charge on any atom is 0.262 e. The number of aromatic nitrogens is 1. The molecule has 0 spiro atoms. The van der Waals surface area contributed by atoms with E-state index in [1.54, 1.807) is 6.20 Å². The molecule has 0 saturated heterocycles. The first kappa shape index (κ1) is 13.2. The molecule has 0 N–H and O–H groups in total. The molecule has 2 aromatic carbocycles. The zero-order chi connectivity index (χ0) is 14.3. The van der Waals surface area contributed by atoms with Gasteiger partial charge in [-0.05, 0) is 29.8 Å². The Morgan fingerprint density at radius 3 is 2.24 bits per heavy atom. The minimum atomic E-state index is 0.472. The van der Waals surface area contributed by atoms with Gasteiger partial charge in [0.05, 0.1) is 0 Å². The number of nitrogens with zero attached hydrogens (tertiary/aromatic N) is 1. The lowest BCUT2D eigenvalue weighted by atomic mass is 10.2. The number of hydrogen-bond donors (Lipinski definition) is 0. The molecular formula is C18H15NO2. The van der Waals surface area contributed by atoms with Gasteiger partial charge < -0.3 is 9.47 Å². The van der Waals surface area contributed by atoms with E-state index in [4.69, 9.17) is 9.47 Å². The summed E-state index contributed by atoms with van der Waals surface area (Å²) >= 11 is 0. The molecule has 3 aromatic rings. The van der Waals surface area contributed by atoms with Crippen molar-refractivity contribution in [1.29, 1.82) is 0 Å². The van der Waals surface area contributed by atoms with Gasteiger partial charge in [-0.1, -0.05) is 48.5 Å². The summed E-state index contributed by atoms with van der Waals surface area (Å²) in [6.07, 6.45) is 1.69. The first-order valence-corrected chi connectivity index (χ1v) is 6.76. The van der Waals surface area contributed by atoms with Crippen LogP contribution in [0.3, 0.4) is 0 Å². The maximum absolute atomic E-state index is 5.81. The van der Waals surface area contributed by atoms with Crippen molar-refractivity contribution >= 4 is 0 Å². The largest absolute Gasteiger partial charge is 0.483 e. The minimum Gasteiger partial charge on any atom is -0.483 e. The Bertz CT molecular complexity index is 684. The Kier molecular flexibility index (Phi) is 4.12. The molecule has 0 unspecified atom stereocenters. The molecule has 3 heteroatoms. The molecule has 3 nitrogen and oxygen atoms in total. The average molecular weight is 277 g/mol.